The maximum Gasteiger partial charge on any atom is 0.211 e. The summed E-state index contributed by atoms with van der Waals surface area (Å²) in [6.45, 7) is 5.30. The van der Waals surface area contributed by atoms with E-state index in [1.54, 1.807) is 13.8 Å². The van der Waals surface area contributed by atoms with Crippen molar-refractivity contribution in [3.05, 3.63) is 0 Å². The quantitative estimate of drug-likeness (QED) is 0.619. The van der Waals surface area contributed by atoms with Crippen LogP contribution in [0.15, 0.2) is 0 Å². The predicted molar refractivity (Wildman–Crippen MR) is 44.1 cm³/mol. The molecule has 0 amide bonds. The zero-order chi connectivity index (χ0) is 9.35. The van der Waals surface area contributed by atoms with Gasteiger partial charge in [-0.25, -0.2) is 0 Å². The number of ether oxygens (including phenoxy) is 2. The molecule has 1 fully saturated rings. The Bertz CT molecular complexity index is 195. The average Bonchev–Trinajstić information content (AvgIpc) is 2.01. The predicted octanol–water partition coefficient (Wildman–Crippen LogP) is 0.886. The summed E-state index contributed by atoms with van der Waals surface area (Å²) in [7, 11) is 0. The van der Waals surface area contributed by atoms with E-state index < -0.39 is 18.0 Å². The van der Waals surface area contributed by atoms with Gasteiger partial charge >= 0.3 is 0 Å². The molecule has 70 valence electrons. The van der Waals surface area contributed by atoms with Crippen molar-refractivity contribution in [3.63, 3.8) is 0 Å². The lowest BCUT2D eigenvalue weighted by molar-refractivity contribution is -0.238. The van der Waals surface area contributed by atoms with Gasteiger partial charge in [-0.2, -0.15) is 0 Å². The van der Waals surface area contributed by atoms with E-state index in [1.165, 1.54) is 0 Å². The Morgan fingerprint density at radius 1 is 1.67 bits per heavy atom. The van der Waals surface area contributed by atoms with Crippen molar-refractivity contribution in [1.29, 1.82) is 5.41 Å². The maximum atomic E-state index is 9.47. The number of nitrogens with one attached hydrogen (secondary N) is 1. The first-order chi connectivity index (χ1) is 5.49. The van der Waals surface area contributed by atoms with Crippen LogP contribution in [-0.4, -0.2) is 29.0 Å². The molecule has 1 aliphatic rings. The lowest BCUT2D eigenvalue weighted by Crippen LogP contribution is -2.53. The molecule has 1 heterocycles. The third kappa shape index (κ3) is 1.44. The number of rotatable bonds is 1. The highest BCUT2D eigenvalue weighted by molar-refractivity contribution is 5.78. The molecule has 0 aromatic heterocycles. The Morgan fingerprint density at radius 2 is 2.25 bits per heavy atom. The first-order valence-corrected chi connectivity index (χ1v) is 4.10. The SMILES string of the molecule is CCC1(C)OC(=N)C(C)OC1O. The van der Waals surface area contributed by atoms with Gasteiger partial charge in [0.1, 0.15) is 6.10 Å². The largest absolute Gasteiger partial charge is 0.468 e. The fraction of sp³-hybridized carbons (Fsp3) is 0.875. The van der Waals surface area contributed by atoms with Gasteiger partial charge in [0.25, 0.3) is 0 Å². The average molecular weight is 173 g/mol. The third-order valence-corrected chi connectivity index (χ3v) is 2.27. The van der Waals surface area contributed by atoms with Crippen LogP contribution in [0.3, 0.4) is 0 Å². The number of hydrogen-bond donors (Lipinski definition) is 2. The van der Waals surface area contributed by atoms with Crippen molar-refractivity contribution in [2.75, 3.05) is 0 Å². The zero-order valence-electron chi connectivity index (χ0n) is 7.63. The Labute approximate surface area is 72.0 Å². The highest BCUT2D eigenvalue weighted by Crippen LogP contribution is 2.27. The molecule has 1 rings (SSSR count). The fourth-order valence-corrected chi connectivity index (χ4v) is 1.03. The van der Waals surface area contributed by atoms with Gasteiger partial charge in [0, 0.05) is 0 Å². The second kappa shape index (κ2) is 3.03. The van der Waals surface area contributed by atoms with Crippen LogP contribution in [0, 0.1) is 5.41 Å². The van der Waals surface area contributed by atoms with E-state index >= 15 is 0 Å². The van der Waals surface area contributed by atoms with Gasteiger partial charge in [-0.3, -0.25) is 5.41 Å². The van der Waals surface area contributed by atoms with Crippen LogP contribution in [0.4, 0.5) is 0 Å². The molecule has 0 saturated carbocycles. The van der Waals surface area contributed by atoms with Gasteiger partial charge in [0.05, 0.1) is 0 Å². The molecule has 0 aromatic rings. The minimum Gasteiger partial charge on any atom is -0.468 e. The molecule has 0 radical (unpaired) electrons. The first-order valence-electron chi connectivity index (χ1n) is 4.10. The molecule has 0 spiro atoms. The monoisotopic (exact) mass is 173 g/mol. The minimum atomic E-state index is -0.938. The standard InChI is InChI=1S/C8H15NO3/c1-4-8(3)7(10)11-5(2)6(9)12-8/h5,7,9-10H,4H2,1-3H3. The summed E-state index contributed by atoms with van der Waals surface area (Å²) in [5, 5.41) is 16.9. The van der Waals surface area contributed by atoms with E-state index in [9.17, 15) is 5.11 Å². The van der Waals surface area contributed by atoms with Gasteiger partial charge in [-0.05, 0) is 20.3 Å². The van der Waals surface area contributed by atoms with Crippen molar-refractivity contribution >= 4 is 5.90 Å². The summed E-state index contributed by atoms with van der Waals surface area (Å²) in [5.41, 5.74) is -0.760. The highest BCUT2D eigenvalue weighted by atomic mass is 16.7. The molecule has 2 N–H and O–H groups in total. The van der Waals surface area contributed by atoms with E-state index in [-0.39, 0.29) is 5.90 Å². The fourth-order valence-electron chi connectivity index (χ4n) is 1.03. The van der Waals surface area contributed by atoms with E-state index in [0.29, 0.717) is 6.42 Å². The molecule has 1 saturated heterocycles. The van der Waals surface area contributed by atoms with Crippen LogP contribution in [0.25, 0.3) is 0 Å². The van der Waals surface area contributed by atoms with Crippen LogP contribution in [-0.2, 0) is 9.47 Å². The summed E-state index contributed by atoms with van der Waals surface area (Å²) < 4.78 is 10.4. The molecule has 4 nitrogen and oxygen atoms in total. The molecular weight excluding hydrogens is 158 g/mol. The zero-order valence-corrected chi connectivity index (χ0v) is 7.63. The topological polar surface area (TPSA) is 62.5 Å². The van der Waals surface area contributed by atoms with Crippen molar-refractivity contribution in [2.45, 2.75) is 45.2 Å². The third-order valence-electron chi connectivity index (χ3n) is 2.27. The normalized spacial score (nSPS) is 42.5. The molecule has 1 aliphatic heterocycles. The van der Waals surface area contributed by atoms with Gasteiger partial charge in [-0.1, -0.05) is 6.92 Å². The Morgan fingerprint density at radius 3 is 2.75 bits per heavy atom. The van der Waals surface area contributed by atoms with Crippen LogP contribution in [0.5, 0.6) is 0 Å². The van der Waals surface area contributed by atoms with Gasteiger partial charge in [-0.15, -0.1) is 0 Å². The summed E-state index contributed by atoms with van der Waals surface area (Å²) in [6, 6.07) is 0. The molecule has 3 atom stereocenters. The molecular formula is C8H15NO3. The lowest BCUT2D eigenvalue weighted by atomic mass is 10.0. The van der Waals surface area contributed by atoms with Crippen molar-refractivity contribution in [2.24, 2.45) is 0 Å². The molecule has 3 unspecified atom stereocenters. The highest BCUT2D eigenvalue weighted by Gasteiger charge is 2.42. The van der Waals surface area contributed by atoms with E-state index in [2.05, 4.69) is 0 Å². The number of aliphatic hydroxyl groups excluding tert-OH is 1. The summed E-state index contributed by atoms with van der Waals surface area (Å²) in [6.07, 6.45) is -0.769. The second-order valence-electron chi connectivity index (χ2n) is 3.26. The maximum absolute atomic E-state index is 9.47. The second-order valence-corrected chi connectivity index (χ2v) is 3.26. The van der Waals surface area contributed by atoms with E-state index in [4.69, 9.17) is 14.9 Å². The summed E-state index contributed by atoms with van der Waals surface area (Å²) in [4.78, 5) is 0. The van der Waals surface area contributed by atoms with Crippen molar-refractivity contribution < 1.29 is 14.6 Å². The van der Waals surface area contributed by atoms with Gasteiger partial charge < -0.3 is 14.6 Å². The van der Waals surface area contributed by atoms with Crippen LogP contribution < -0.4 is 0 Å². The first kappa shape index (κ1) is 9.48. The summed E-state index contributed by atoms with van der Waals surface area (Å²) in [5.74, 6) is 0.0876. The molecule has 4 heteroatoms. The lowest BCUT2D eigenvalue weighted by Gasteiger charge is -2.40. The molecule has 0 aliphatic carbocycles. The van der Waals surface area contributed by atoms with E-state index in [0.717, 1.165) is 0 Å². The number of hydrogen-bond acceptors (Lipinski definition) is 4. The molecule has 0 aromatic carbocycles. The van der Waals surface area contributed by atoms with Gasteiger partial charge in [0.15, 0.2) is 11.9 Å². The molecule has 12 heavy (non-hydrogen) atoms. The minimum absolute atomic E-state index is 0.0876. The van der Waals surface area contributed by atoms with Crippen LogP contribution in [0.1, 0.15) is 27.2 Å². The Kier molecular flexibility index (Phi) is 2.39. The summed E-state index contributed by atoms with van der Waals surface area (Å²) >= 11 is 0. The smallest absolute Gasteiger partial charge is 0.211 e. The van der Waals surface area contributed by atoms with Gasteiger partial charge in [0.2, 0.25) is 5.90 Å². The van der Waals surface area contributed by atoms with E-state index in [1.807, 2.05) is 6.92 Å². The van der Waals surface area contributed by atoms with Crippen molar-refractivity contribution in [3.8, 4) is 0 Å². The Balaban J connectivity index is 2.74. The Hall–Kier alpha value is -0.610. The van der Waals surface area contributed by atoms with Crippen LogP contribution in [0.2, 0.25) is 0 Å². The van der Waals surface area contributed by atoms with Crippen molar-refractivity contribution in [1.82, 2.24) is 0 Å². The number of aliphatic hydroxyl groups is 1. The van der Waals surface area contributed by atoms with Crippen LogP contribution >= 0.6 is 0 Å². The molecule has 0 bridgehead atoms.